The number of unbranched alkanes of at least 4 members (excludes halogenated alkanes) is 28. The van der Waals surface area contributed by atoms with Gasteiger partial charge in [-0.3, -0.25) is 9.59 Å². The van der Waals surface area contributed by atoms with Crippen molar-refractivity contribution in [3.8, 4) is 0 Å². The molecule has 0 aromatic heterocycles. The molecule has 0 aliphatic heterocycles. The van der Waals surface area contributed by atoms with Gasteiger partial charge in [0.05, 0.1) is 25.2 Å². The molecular weight excluding hydrogens is 839 g/mol. The molecule has 68 heavy (non-hydrogen) atoms. The van der Waals surface area contributed by atoms with Gasteiger partial charge in [-0.2, -0.15) is 0 Å². The highest BCUT2D eigenvalue weighted by Gasteiger charge is 2.24. The van der Waals surface area contributed by atoms with E-state index >= 15 is 0 Å². The van der Waals surface area contributed by atoms with Gasteiger partial charge in [-0.1, -0.05) is 241 Å². The molecule has 0 saturated carbocycles. The van der Waals surface area contributed by atoms with Crippen LogP contribution in [0.3, 0.4) is 0 Å². The van der Waals surface area contributed by atoms with Crippen molar-refractivity contribution in [2.75, 3.05) is 6.61 Å². The van der Waals surface area contributed by atoms with Gasteiger partial charge >= 0.3 is 5.97 Å². The summed E-state index contributed by atoms with van der Waals surface area (Å²) in [6, 6.07) is -0.714. The van der Waals surface area contributed by atoms with Gasteiger partial charge in [0.1, 0.15) is 6.10 Å². The van der Waals surface area contributed by atoms with Crippen LogP contribution in [0.2, 0.25) is 0 Å². The van der Waals surface area contributed by atoms with E-state index in [0.717, 1.165) is 96.3 Å². The number of aliphatic hydroxyl groups excluding tert-OH is 2. The van der Waals surface area contributed by atoms with Crippen LogP contribution >= 0.6 is 0 Å². The summed E-state index contributed by atoms with van der Waals surface area (Å²) in [4.78, 5) is 26.3. The molecule has 0 heterocycles. The molecular formula is C62H111NO5. The Hall–Kier alpha value is -2.70. The Balaban J connectivity index is 4.65. The molecule has 0 rings (SSSR count). The lowest BCUT2D eigenvalue weighted by molar-refractivity contribution is -0.151. The first kappa shape index (κ1) is 65.3. The molecule has 1 amide bonds. The van der Waals surface area contributed by atoms with Crippen molar-refractivity contribution < 1.29 is 24.5 Å². The van der Waals surface area contributed by atoms with Crippen LogP contribution in [-0.2, 0) is 14.3 Å². The lowest BCUT2D eigenvalue weighted by atomic mass is 10.0. The Kier molecular flexibility index (Phi) is 53.0. The molecule has 0 bridgehead atoms. The van der Waals surface area contributed by atoms with E-state index in [4.69, 9.17) is 4.74 Å². The summed E-state index contributed by atoms with van der Waals surface area (Å²) in [7, 11) is 0. The van der Waals surface area contributed by atoms with Gasteiger partial charge in [-0.05, 0) is 103 Å². The summed E-state index contributed by atoms with van der Waals surface area (Å²) < 4.78 is 5.95. The number of carbonyl (C=O) groups excluding carboxylic acids is 2. The maximum atomic E-state index is 13.3. The second-order valence-corrected chi connectivity index (χ2v) is 19.7. The van der Waals surface area contributed by atoms with Crippen molar-refractivity contribution >= 4 is 11.9 Å². The number of ether oxygens (including phenoxy) is 1. The number of hydrogen-bond acceptors (Lipinski definition) is 5. The van der Waals surface area contributed by atoms with Gasteiger partial charge < -0.3 is 20.3 Å². The zero-order valence-electron chi connectivity index (χ0n) is 45.0. The quantitative estimate of drug-likeness (QED) is 0.0321. The van der Waals surface area contributed by atoms with Crippen LogP contribution in [0.1, 0.15) is 284 Å². The molecule has 0 aliphatic carbocycles. The predicted molar refractivity (Wildman–Crippen MR) is 296 cm³/mol. The highest BCUT2D eigenvalue weighted by molar-refractivity contribution is 5.77. The van der Waals surface area contributed by atoms with Crippen LogP contribution in [0.4, 0.5) is 0 Å². The Morgan fingerprint density at radius 3 is 1.16 bits per heavy atom. The van der Waals surface area contributed by atoms with E-state index in [0.29, 0.717) is 19.3 Å². The van der Waals surface area contributed by atoms with E-state index in [1.54, 1.807) is 0 Å². The van der Waals surface area contributed by atoms with Crippen molar-refractivity contribution in [1.29, 1.82) is 0 Å². The number of rotatable bonds is 52. The zero-order valence-corrected chi connectivity index (χ0v) is 45.0. The Labute approximate surface area is 421 Å². The van der Waals surface area contributed by atoms with Gasteiger partial charge in [0, 0.05) is 6.42 Å². The summed E-state index contributed by atoms with van der Waals surface area (Å²) in [5.41, 5.74) is 0. The van der Waals surface area contributed by atoms with Crippen LogP contribution in [0.25, 0.3) is 0 Å². The lowest BCUT2D eigenvalue weighted by Crippen LogP contribution is -2.46. The van der Waals surface area contributed by atoms with Crippen LogP contribution < -0.4 is 5.32 Å². The van der Waals surface area contributed by atoms with Crippen LogP contribution in [0.15, 0.2) is 72.9 Å². The number of hydrogen-bond donors (Lipinski definition) is 3. The fourth-order valence-electron chi connectivity index (χ4n) is 8.56. The number of nitrogens with one attached hydrogen (secondary N) is 1. The van der Waals surface area contributed by atoms with Gasteiger partial charge in [0.2, 0.25) is 5.91 Å². The number of carbonyl (C=O) groups is 2. The molecule has 3 N–H and O–H groups in total. The van der Waals surface area contributed by atoms with Crippen molar-refractivity contribution in [3.05, 3.63) is 72.9 Å². The molecule has 0 fully saturated rings. The van der Waals surface area contributed by atoms with Crippen LogP contribution in [0, 0.1) is 0 Å². The summed E-state index contributed by atoms with van der Waals surface area (Å²) in [6.45, 7) is 6.44. The minimum absolute atomic E-state index is 0.0575. The van der Waals surface area contributed by atoms with Crippen LogP contribution in [-0.4, -0.2) is 46.9 Å². The molecule has 0 aromatic carbocycles. The smallest absolute Gasteiger partial charge is 0.306 e. The van der Waals surface area contributed by atoms with Gasteiger partial charge in [0.25, 0.3) is 0 Å². The van der Waals surface area contributed by atoms with E-state index in [1.165, 1.54) is 141 Å². The van der Waals surface area contributed by atoms with Crippen molar-refractivity contribution in [2.45, 2.75) is 302 Å². The van der Waals surface area contributed by atoms with E-state index in [1.807, 2.05) is 0 Å². The van der Waals surface area contributed by atoms with Gasteiger partial charge in [0.15, 0.2) is 0 Å². The van der Waals surface area contributed by atoms with Crippen molar-refractivity contribution in [2.24, 2.45) is 0 Å². The summed E-state index contributed by atoms with van der Waals surface area (Å²) in [5, 5.41) is 23.9. The first-order chi connectivity index (χ1) is 33.5. The Morgan fingerprint density at radius 2 is 0.750 bits per heavy atom. The second-order valence-electron chi connectivity index (χ2n) is 19.7. The summed E-state index contributed by atoms with van der Waals surface area (Å²) >= 11 is 0. The highest BCUT2D eigenvalue weighted by atomic mass is 16.5. The highest BCUT2D eigenvalue weighted by Crippen LogP contribution is 2.18. The first-order valence-electron chi connectivity index (χ1n) is 29.2. The maximum absolute atomic E-state index is 13.3. The van der Waals surface area contributed by atoms with E-state index in [9.17, 15) is 19.8 Å². The van der Waals surface area contributed by atoms with Crippen molar-refractivity contribution in [3.63, 3.8) is 0 Å². The SMILES string of the molecule is CCCCC/C=C\C/C=C\C/C=C\C/C=C\CCCCCC(=O)OC(CCCCCCCCC/C=C\C/C=C\CCCCC)CC(=O)NC(CO)C(O)CCCCCCCCCCCCCCC. The number of aliphatic hydroxyl groups is 2. The topological polar surface area (TPSA) is 95.9 Å². The third kappa shape index (κ3) is 49.7. The van der Waals surface area contributed by atoms with E-state index in [-0.39, 0.29) is 24.9 Å². The zero-order chi connectivity index (χ0) is 49.5. The third-order valence-electron chi connectivity index (χ3n) is 13.0. The molecule has 0 aromatic rings. The average molecular weight is 951 g/mol. The maximum Gasteiger partial charge on any atom is 0.306 e. The normalized spacial score (nSPS) is 13.7. The van der Waals surface area contributed by atoms with Crippen LogP contribution in [0.5, 0.6) is 0 Å². The molecule has 0 saturated heterocycles. The van der Waals surface area contributed by atoms with E-state index in [2.05, 4.69) is 99.0 Å². The fourth-order valence-corrected chi connectivity index (χ4v) is 8.56. The lowest BCUT2D eigenvalue weighted by Gasteiger charge is -2.24. The molecule has 3 atom stereocenters. The fraction of sp³-hybridized carbons (Fsp3) is 0.774. The van der Waals surface area contributed by atoms with Gasteiger partial charge in [-0.25, -0.2) is 0 Å². The molecule has 0 spiro atoms. The molecule has 3 unspecified atom stereocenters. The predicted octanol–water partition coefficient (Wildman–Crippen LogP) is 18.1. The molecule has 6 nitrogen and oxygen atoms in total. The van der Waals surface area contributed by atoms with Gasteiger partial charge in [-0.15, -0.1) is 0 Å². The monoisotopic (exact) mass is 950 g/mol. The summed E-state index contributed by atoms with van der Waals surface area (Å²) in [5.74, 6) is -0.513. The molecule has 6 heteroatoms. The average Bonchev–Trinajstić information content (AvgIpc) is 3.33. The third-order valence-corrected chi connectivity index (χ3v) is 13.0. The Bertz CT molecular complexity index is 1250. The largest absolute Gasteiger partial charge is 0.462 e. The Morgan fingerprint density at radius 1 is 0.426 bits per heavy atom. The summed E-state index contributed by atoms with van der Waals surface area (Å²) in [6.07, 6.45) is 71.0. The standard InChI is InChI=1S/C62H111NO5/c1-4-7-10-13-16-19-22-25-27-29-30-32-34-37-40-43-46-49-52-55-62(67)68-58(53-50-47-44-41-38-36-33-31-28-26-23-20-17-14-11-8-5-2)56-61(66)63-59(57-64)60(65)54-51-48-45-42-39-35-24-21-18-15-12-9-6-3/h16-17,19-20,25-28,30,32,37,40,58-60,64-65H,4-15,18,21-24,29,31,33-36,38-39,41-57H2,1-3H3,(H,63,66)/b19-16-,20-17-,27-25-,28-26-,32-30-,40-37-. The van der Waals surface area contributed by atoms with E-state index < -0.39 is 18.2 Å². The minimum atomic E-state index is -0.799. The second kappa shape index (κ2) is 55.2. The first-order valence-corrected chi connectivity index (χ1v) is 29.2. The number of amides is 1. The number of esters is 1. The number of allylic oxidation sites excluding steroid dienone is 12. The molecule has 0 radical (unpaired) electrons. The molecule has 0 aliphatic rings. The van der Waals surface area contributed by atoms with Crippen molar-refractivity contribution in [1.82, 2.24) is 5.32 Å². The minimum Gasteiger partial charge on any atom is -0.462 e. The molecule has 394 valence electrons.